The molecule has 0 saturated carbocycles. The van der Waals surface area contributed by atoms with Crippen LogP contribution < -0.4 is 5.32 Å². The fourth-order valence-corrected chi connectivity index (χ4v) is 4.30. The molecule has 0 spiro atoms. The summed E-state index contributed by atoms with van der Waals surface area (Å²) in [4.78, 5) is 19.1. The van der Waals surface area contributed by atoms with Gasteiger partial charge in [-0.1, -0.05) is 26.0 Å². The molecule has 0 radical (unpaired) electrons. The van der Waals surface area contributed by atoms with Crippen LogP contribution >= 0.6 is 11.3 Å². The van der Waals surface area contributed by atoms with Crippen molar-refractivity contribution in [3.8, 4) is 0 Å². The van der Waals surface area contributed by atoms with Gasteiger partial charge in [-0.25, -0.2) is 9.37 Å². The fourth-order valence-electron chi connectivity index (χ4n) is 3.58. The van der Waals surface area contributed by atoms with E-state index < -0.39 is 0 Å². The molecule has 1 amide bonds. The van der Waals surface area contributed by atoms with Crippen LogP contribution in [-0.4, -0.2) is 28.9 Å². The number of piperidine rings is 1. The standard InChI is InChI=1S/C19H24FN3OS/c1-13-6-14(2)10-23(9-13)11-17-12-25-19(21-17)22-18(24)8-15-4-3-5-16(20)7-15/h3-5,7,12-14H,6,8-11H2,1-2H3,(H,21,22,24). The zero-order valence-corrected chi connectivity index (χ0v) is 15.5. The van der Waals surface area contributed by atoms with Gasteiger partial charge in [-0.15, -0.1) is 11.3 Å². The Morgan fingerprint density at radius 3 is 2.84 bits per heavy atom. The number of benzene rings is 1. The second kappa shape index (κ2) is 8.06. The Labute approximate surface area is 152 Å². The monoisotopic (exact) mass is 361 g/mol. The van der Waals surface area contributed by atoms with Gasteiger partial charge in [0.15, 0.2) is 5.13 Å². The van der Waals surface area contributed by atoms with Crippen LogP contribution in [-0.2, 0) is 17.8 Å². The zero-order valence-electron chi connectivity index (χ0n) is 14.7. The molecule has 1 aromatic carbocycles. The maximum atomic E-state index is 13.2. The largest absolute Gasteiger partial charge is 0.302 e. The molecule has 1 N–H and O–H groups in total. The topological polar surface area (TPSA) is 45.2 Å². The van der Waals surface area contributed by atoms with Crippen molar-refractivity contribution in [1.29, 1.82) is 0 Å². The number of carbonyl (C=O) groups excluding carboxylic acids is 1. The minimum absolute atomic E-state index is 0.147. The van der Waals surface area contributed by atoms with Crippen molar-refractivity contribution in [2.45, 2.75) is 33.2 Å². The summed E-state index contributed by atoms with van der Waals surface area (Å²) < 4.78 is 13.2. The maximum Gasteiger partial charge on any atom is 0.230 e. The number of nitrogens with zero attached hydrogens (tertiary/aromatic N) is 2. The third-order valence-corrected chi connectivity index (χ3v) is 5.19. The molecule has 6 heteroatoms. The van der Waals surface area contributed by atoms with Crippen molar-refractivity contribution in [2.24, 2.45) is 11.8 Å². The van der Waals surface area contributed by atoms with E-state index in [0.717, 1.165) is 25.3 Å². The lowest BCUT2D eigenvalue weighted by Gasteiger charge is -2.34. The molecule has 1 saturated heterocycles. The van der Waals surface area contributed by atoms with Gasteiger partial charge < -0.3 is 5.32 Å². The average Bonchev–Trinajstić information content (AvgIpc) is 2.92. The van der Waals surface area contributed by atoms with Crippen LogP contribution in [0.15, 0.2) is 29.6 Å². The third-order valence-electron chi connectivity index (χ3n) is 4.38. The molecule has 1 aromatic heterocycles. The third kappa shape index (κ3) is 5.34. The first-order valence-electron chi connectivity index (χ1n) is 8.69. The lowest BCUT2D eigenvalue weighted by atomic mass is 9.92. The molecular weight excluding hydrogens is 337 g/mol. The summed E-state index contributed by atoms with van der Waals surface area (Å²) in [6, 6.07) is 6.11. The first kappa shape index (κ1) is 18.0. The molecule has 1 aliphatic heterocycles. The van der Waals surface area contributed by atoms with Crippen LogP contribution in [0.4, 0.5) is 9.52 Å². The van der Waals surface area contributed by atoms with E-state index in [1.807, 2.05) is 5.38 Å². The summed E-state index contributed by atoms with van der Waals surface area (Å²) in [5.41, 5.74) is 1.65. The van der Waals surface area contributed by atoms with E-state index in [9.17, 15) is 9.18 Å². The number of thiazole rings is 1. The molecule has 0 bridgehead atoms. The number of hydrogen-bond acceptors (Lipinski definition) is 4. The van der Waals surface area contributed by atoms with Crippen LogP contribution in [0.25, 0.3) is 0 Å². The van der Waals surface area contributed by atoms with Gasteiger partial charge in [-0.2, -0.15) is 0 Å². The van der Waals surface area contributed by atoms with Crippen molar-refractivity contribution >= 4 is 22.4 Å². The van der Waals surface area contributed by atoms with Gasteiger partial charge in [0.25, 0.3) is 0 Å². The Balaban J connectivity index is 1.53. The van der Waals surface area contributed by atoms with Gasteiger partial charge in [0, 0.05) is 25.0 Å². The van der Waals surface area contributed by atoms with Gasteiger partial charge in [0.1, 0.15) is 5.82 Å². The number of hydrogen-bond donors (Lipinski definition) is 1. The van der Waals surface area contributed by atoms with Crippen molar-refractivity contribution in [2.75, 3.05) is 18.4 Å². The van der Waals surface area contributed by atoms with Crippen LogP contribution in [0, 0.1) is 17.7 Å². The number of aromatic nitrogens is 1. The number of rotatable bonds is 5. The number of carbonyl (C=O) groups is 1. The Morgan fingerprint density at radius 2 is 2.12 bits per heavy atom. The summed E-state index contributed by atoms with van der Waals surface area (Å²) in [6.07, 6.45) is 1.43. The van der Waals surface area contributed by atoms with Gasteiger partial charge in [0.2, 0.25) is 5.91 Å². The van der Waals surface area contributed by atoms with Crippen molar-refractivity contribution in [1.82, 2.24) is 9.88 Å². The summed E-state index contributed by atoms with van der Waals surface area (Å²) in [5, 5.41) is 5.42. The van der Waals surface area contributed by atoms with Crippen LogP contribution in [0.3, 0.4) is 0 Å². The molecular formula is C19H24FN3OS. The van der Waals surface area contributed by atoms with Gasteiger partial charge in [-0.05, 0) is 36.0 Å². The average molecular weight is 361 g/mol. The summed E-state index contributed by atoms with van der Waals surface area (Å²) >= 11 is 1.44. The molecule has 2 aromatic rings. The highest BCUT2D eigenvalue weighted by molar-refractivity contribution is 7.13. The summed E-state index contributed by atoms with van der Waals surface area (Å²) in [7, 11) is 0. The molecule has 3 rings (SSSR count). The predicted octanol–water partition coefficient (Wildman–Crippen LogP) is 3.94. The van der Waals surface area contributed by atoms with E-state index in [1.165, 1.54) is 29.9 Å². The highest BCUT2D eigenvalue weighted by atomic mass is 32.1. The van der Waals surface area contributed by atoms with Crippen LogP contribution in [0.2, 0.25) is 0 Å². The Morgan fingerprint density at radius 1 is 1.36 bits per heavy atom. The molecule has 2 atom stereocenters. The number of likely N-dealkylation sites (tertiary alicyclic amines) is 1. The molecule has 25 heavy (non-hydrogen) atoms. The van der Waals surface area contributed by atoms with E-state index >= 15 is 0 Å². The first-order chi connectivity index (χ1) is 12.0. The Kier molecular flexibility index (Phi) is 5.81. The normalized spacial score (nSPS) is 21.2. The van der Waals surface area contributed by atoms with Crippen molar-refractivity contribution in [3.05, 3.63) is 46.7 Å². The van der Waals surface area contributed by atoms with Crippen molar-refractivity contribution < 1.29 is 9.18 Å². The summed E-state index contributed by atoms with van der Waals surface area (Å²) in [6.45, 7) is 7.61. The smallest absolute Gasteiger partial charge is 0.230 e. The number of anilines is 1. The lowest BCUT2D eigenvalue weighted by Crippen LogP contribution is -2.38. The van der Waals surface area contributed by atoms with Gasteiger partial charge in [-0.3, -0.25) is 9.69 Å². The van der Waals surface area contributed by atoms with Gasteiger partial charge >= 0.3 is 0 Å². The molecule has 134 valence electrons. The van der Waals surface area contributed by atoms with Crippen LogP contribution in [0.5, 0.6) is 0 Å². The maximum absolute atomic E-state index is 13.2. The predicted molar refractivity (Wildman–Crippen MR) is 99.1 cm³/mol. The molecule has 2 heterocycles. The quantitative estimate of drug-likeness (QED) is 0.877. The molecule has 0 aliphatic carbocycles. The highest BCUT2D eigenvalue weighted by Crippen LogP contribution is 2.24. The molecule has 4 nitrogen and oxygen atoms in total. The summed E-state index contributed by atoms with van der Waals surface area (Å²) in [5.74, 6) is 0.930. The van der Waals surface area contributed by atoms with E-state index in [0.29, 0.717) is 22.5 Å². The molecule has 2 unspecified atom stereocenters. The van der Waals surface area contributed by atoms with E-state index in [2.05, 4.69) is 29.0 Å². The van der Waals surface area contributed by atoms with E-state index in [1.54, 1.807) is 12.1 Å². The van der Waals surface area contributed by atoms with Crippen LogP contribution in [0.1, 0.15) is 31.5 Å². The lowest BCUT2D eigenvalue weighted by molar-refractivity contribution is -0.115. The fraction of sp³-hybridized carbons (Fsp3) is 0.474. The second-order valence-corrected chi connectivity index (χ2v) is 8.00. The second-order valence-electron chi connectivity index (χ2n) is 7.14. The minimum Gasteiger partial charge on any atom is -0.302 e. The molecule has 1 fully saturated rings. The number of halogens is 1. The van der Waals surface area contributed by atoms with E-state index in [-0.39, 0.29) is 18.1 Å². The van der Waals surface area contributed by atoms with E-state index in [4.69, 9.17) is 0 Å². The SMILES string of the molecule is CC1CC(C)CN(Cc2csc(NC(=O)Cc3cccc(F)c3)n2)C1. The highest BCUT2D eigenvalue weighted by Gasteiger charge is 2.22. The first-order valence-corrected chi connectivity index (χ1v) is 9.57. The number of amides is 1. The zero-order chi connectivity index (χ0) is 17.8. The Bertz CT molecular complexity index is 723. The Hall–Kier alpha value is -1.79. The molecule has 1 aliphatic rings. The minimum atomic E-state index is -0.327. The van der Waals surface area contributed by atoms with Gasteiger partial charge in [0.05, 0.1) is 12.1 Å². The number of nitrogens with one attached hydrogen (secondary N) is 1. The van der Waals surface area contributed by atoms with Crippen molar-refractivity contribution in [3.63, 3.8) is 0 Å².